The van der Waals surface area contributed by atoms with E-state index < -0.39 is 384 Å². The molecule has 0 aliphatic carbocycles. The Labute approximate surface area is 816 Å². The molecule has 0 bridgehead atoms. The number of aliphatic hydroxyl groups is 43. The highest BCUT2D eigenvalue weighted by atomic mass is 32.3. The van der Waals surface area contributed by atoms with E-state index in [1.807, 2.05) is 0 Å². The smallest absolute Gasteiger partial charge is 0.397 e. The van der Waals surface area contributed by atoms with Crippen LogP contribution < -0.4 is 5.73 Å². The van der Waals surface area contributed by atoms with Crippen molar-refractivity contribution < 1.29 is 331 Å². The van der Waals surface area contributed by atoms with Gasteiger partial charge in [-0.2, -0.15) is 16.8 Å². The average molecular weight is 2180 g/mol. The number of hydrogen-bond donors (Lipinski definition) is 47. The van der Waals surface area contributed by atoms with Crippen molar-refractivity contribution in [2.75, 3.05) is 85.5 Å². The molecule has 11 rings (SSSR count). The number of aliphatic carboxylic acids is 1. The van der Waals surface area contributed by atoms with Crippen molar-refractivity contribution in [1.82, 2.24) is 0 Å². The molecule has 0 saturated carbocycles. The van der Waals surface area contributed by atoms with Gasteiger partial charge in [-0.05, 0) is 19.4 Å². The Hall–Kier alpha value is -4.11. The first-order valence-corrected chi connectivity index (χ1v) is 45.9. The highest BCUT2D eigenvalue weighted by Gasteiger charge is 2.52. The fourth-order valence-corrected chi connectivity index (χ4v) is 14.5. The lowest BCUT2D eigenvalue weighted by molar-refractivity contribution is -0.287. The molecule has 0 radical (unpaired) electrons. The van der Waals surface area contributed by atoms with Crippen molar-refractivity contribution in [2.45, 2.75) is 346 Å². The first kappa shape index (κ1) is 138. The fraction of sp³-hybridized carbons (Fsp3) is 0.932. The molecule has 10 saturated heterocycles. The second-order valence-corrected chi connectivity index (χ2v) is 35.3. The molecule has 0 amide bonds. The molecule has 0 unspecified atom stereocenters. The highest BCUT2D eigenvalue weighted by molar-refractivity contribution is 7.85. The van der Waals surface area contributed by atoms with E-state index in [-0.39, 0.29) is 51.7 Å². The van der Waals surface area contributed by atoms with Gasteiger partial charge in [-0.15, -0.1) is 0 Å². The minimum Gasteiger partial charge on any atom is -0.479 e. The zero-order chi connectivity index (χ0) is 111. The SMILES string of the molecule is CC(=O)C[C@@H]1O[C@H](CO)[C@@H](O)[C@H](O)[C@H]1O.CC(=O)OC[C@H]1O[C@@H](O)[C@H](O)[C@@H](O)[C@@H]1O.COC[C@H]1O[C@@H](O)[C@H](O)[C@@H](O)[C@@H]1O.N[C@@H]1O[C@H](CO)[C@@H](O)[C@H](O)[C@H]1O.O=C(O)[C@@H]1O[C@H](CO)[C@@H](O)[C@H](O)[C@H]1O.O=S(=O)(O)C[C@@H]1O[C@H](CO)[C@@H](O)[C@H](O)[C@H]1O.O=S(=O)(O)O[C@@H]1[C@@H](O)[C@H](O)[C@@H](CO)O[C@H]1O.OC[C@H]1O[C@@H](O)C=C[C@@H]1O.OC[C@H]1O[C@@H](O)CC[C@@H]1O.OC[C@H]1O[C@@H](O)[C@H](O)C[C@@H]1O.OC[C@H]1O[C@@H](O)[C@H](O)[C@@H](O)[C@@H]1O. The Morgan fingerprint density at radius 1 is 0.326 bits per heavy atom. The van der Waals surface area contributed by atoms with Crippen molar-refractivity contribution in [1.29, 1.82) is 0 Å². The molecule has 0 aromatic rings. The maximum Gasteiger partial charge on any atom is 0.397 e. The summed E-state index contributed by atoms with van der Waals surface area (Å²) >= 11 is 0. The Bertz CT molecular complexity index is 3700. The second-order valence-electron chi connectivity index (χ2n) is 32.7. The standard InChI is InChI=1S/C9H16O6.C8H14O7.C7H14O8S.C7H12O7.C7H14O6.C6H13NO5.C6H12O9S.C6H12O6.C6H12O5.C6H12O4.C6H10O4/c1-4(11)2-5-7(12)9(14)8(13)6(3-10)15-5;1-3(9)14-2-4-5(10)6(11)7(12)8(13)15-4;8-1-3-5(9)7(11)6(10)4(15-3)2-16(12,13)14;8-1-2-3(9)4(10)5(11)6(14-2)7(12)13;1-12-2-3-4(8)5(9)6(10)7(11)13-3;7-6-5(11)4(10)3(9)2(1-8)12-6;7-1-2-3(8)4(9)5(6(10)14-2)15-16(11,12)13;7-1-2-3(8)4(9)5(10)6(11)12-2;7-2-5-3(8)1-4(9)6(10)11-5;2*7-3-5-4(8)1-2-6(9)10-5/h5-10,12-14H,2-3H2,1H3;4-8,10-13H,2H2,1H3;3-11H,1-2H2,(H,12,13,14);2-6,8-11H,1H2,(H,12,13);3-11H,2H2,1H3;2-6,8-11H,1,7H2;2-10H,1H2,(H,11,12,13);2-11H,1H2;3-10H,1-2H2;4-9H,1-3H2;1-2,4-9H,3H2/t5-,6+,7-,8+,9+;4-,5-,6+,7-,8-;3-,4+,5-,6+,7+;2-,3-,4+,5-,6-;3-,4-,5+,6-,7-;3*2-,3-,4+,5-,6-;3-,4+,5+,6+;2*4-,5+,6+/m01111111000/s1. The number of Topliss-reactive ketones (excluding diaryl/α,β-unsaturated/α-hetero) is 1. The van der Waals surface area contributed by atoms with E-state index in [4.69, 9.17) is 191 Å². The Morgan fingerprint density at radius 3 is 1.04 bits per heavy atom. The van der Waals surface area contributed by atoms with Crippen molar-refractivity contribution in [3.63, 3.8) is 0 Å². The summed E-state index contributed by atoms with van der Waals surface area (Å²) in [5.41, 5.74) is 5.24. The number of carbonyl (C=O) groups is 3. The fourth-order valence-electron chi connectivity index (χ4n) is 13.3. The lowest BCUT2D eigenvalue weighted by Gasteiger charge is -2.39. The predicted molar refractivity (Wildman–Crippen MR) is 448 cm³/mol. The summed E-state index contributed by atoms with van der Waals surface area (Å²) in [6.07, 6.45) is -61.1. The first-order valence-electron chi connectivity index (χ1n) is 43.0. The summed E-state index contributed by atoms with van der Waals surface area (Å²) in [5.74, 6) is -3.14. The second kappa shape index (κ2) is 66.8. The first-order chi connectivity index (χ1) is 66.7. The van der Waals surface area contributed by atoms with Crippen molar-refractivity contribution >= 4 is 38.2 Å². The number of ether oxygens (including phenoxy) is 13. The van der Waals surface area contributed by atoms with Crippen molar-refractivity contribution in [3.05, 3.63) is 12.2 Å². The molecule has 10 fully saturated rings. The van der Waals surface area contributed by atoms with Gasteiger partial charge in [0.2, 0.25) is 0 Å². The molecule has 0 aromatic carbocycles. The van der Waals surface area contributed by atoms with Crippen LogP contribution in [0.1, 0.15) is 39.5 Å². The van der Waals surface area contributed by atoms with Crippen LogP contribution in [0.15, 0.2) is 12.2 Å². The van der Waals surface area contributed by atoms with E-state index in [2.05, 4.69) is 27.9 Å². The van der Waals surface area contributed by atoms with Gasteiger partial charge in [0.15, 0.2) is 56.2 Å². The molecular formula is C74H141NO67S2. The zero-order valence-corrected chi connectivity index (χ0v) is 78.0. The van der Waals surface area contributed by atoms with Crippen LogP contribution in [0.5, 0.6) is 0 Å². The molecule has 11 aliphatic heterocycles. The largest absolute Gasteiger partial charge is 0.479 e. The molecule has 0 aromatic heterocycles. The van der Waals surface area contributed by atoms with Crippen LogP contribution in [0.3, 0.4) is 0 Å². The summed E-state index contributed by atoms with van der Waals surface area (Å²) < 4.78 is 124. The van der Waals surface area contributed by atoms with E-state index >= 15 is 0 Å². The number of carboxylic acids is 1. The number of carboxylic acid groups (broad SMARTS) is 1. The van der Waals surface area contributed by atoms with E-state index in [1.165, 1.54) is 33.1 Å². The maximum atomic E-state index is 10.8. The van der Waals surface area contributed by atoms with E-state index in [0.29, 0.717) is 12.8 Å². The van der Waals surface area contributed by atoms with Crippen molar-refractivity contribution in [3.8, 4) is 0 Å². The molecule has 0 spiro atoms. The van der Waals surface area contributed by atoms with Crippen LogP contribution >= 0.6 is 0 Å². The molecule has 11 heterocycles. The lowest BCUT2D eigenvalue weighted by atomic mass is 9.93. The third kappa shape index (κ3) is 44.2. The van der Waals surface area contributed by atoms with Gasteiger partial charge in [-0.3, -0.25) is 18.7 Å². The minimum atomic E-state index is -4.91. The molecule has 70 heteroatoms. The van der Waals surface area contributed by atoms with E-state index in [9.17, 15) is 118 Å². The van der Waals surface area contributed by atoms with E-state index in [0.717, 1.165) is 0 Å². The maximum absolute atomic E-state index is 10.8. The summed E-state index contributed by atoms with van der Waals surface area (Å²) in [7, 11) is -7.90. The summed E-state index contributed by atoms with van der Waals surface area (Å²) in [4.78, 5) is 31.8. The quantitative estimate of drug-likeness (QED) is 0.0306. The van der Waals surface area contributed by atoms with Gasteiger partial charge in [0.05, 0.1) is 84.4 Å². The summed E-state index contributed by atoms with van der Waals surface area (Å²) in [6, 6.07) is 0. The van der Waals surface area contributed by atoms with Gasteiger partial charge in [-0.1, -0.05) is 6.08 Å². The number of nitrogens with two attached hydrogens (primary N) is 1. The average Bonchev–Trinajstić information content (AvgIpc) is 0.876. The molecular weight excluding hydrogens is 2040 g/mol. The van der Waals surface area contributed by atoms with Gasteiger partial charge < -0.3 is 292 Å². The molecule has 50 atom stereocenters. The van der Waals surface area contributed by atoms with Crippen LogP contribution in [-0.2, 0) is 101 Å². The van der Waals surface area contributed by atoms with Gasteiger partial charge in [0, 0.05) is 33.3 Å². The number of carbonyl (C=O) groups excluding carboxylic acids is 2. The predicted octanol–water partition coefficient (Wildman–Crippen LogP) is -28.4. The topological polar surface area (TPSA) is 1210 Å². The van der Waals surface area contributed by atoms with Gasteiger partial charge in [0.1, 0.15) is 250 Å². The number of ketones is 1. The number of methoxy groups -OCH3 is 1. The van der Waals surface area contributed by atoms with Crippen LogP contribution in [0.2, 0.25) is 0 Å². The highest BCUT2D eigenvalue weighted by Crippen LogP contribution is 2.30. The minimum absolute atomic E-state index is 0.0341. The van der Waals surface area contributed by atoms with Crippen LogP contribution in [0.25, 0.3) is 0 Å². The normalized spacial score (nSPS) is 43.5. The number of aliphatic hydroxyl groups excluding tert-OH is 43. The van der Waals surface area contributed by atoms with E-state index in [1.54, 1.807) is 0 Å². The number of rotatable bonds is 20. The Morgan fingerprint density at radius 2 is 0.660 bits per heavy atom. The summed E-state index contributed by atoms with van der Waals surface area (Å²) in [5, 5.41) is 398. The summed E-state index contributed by atoms with van der Waals surface area (Å²) in [6.45, 7) is -2.03. The Kier molecular flexibility index (Phi) is 63.9. The number of hydrogen-bond acceptors (Lipinski definition) is 65. The lowest BCUT2D eigenvalue weighted by Crippen LogP contribution is -2.61. The van der Waals surface area contributed by atoms with Crippen LogP contribution in [0, 0.1) is 0 Å². The molecule has 856 valence electrons. The monoisotopic (exact) mass is 2180 g/mol. The zero-order valence-electron chi connectivity index (χ0n) is 76.4. The Balaban J connectivity index is 0.000000794. The third-order valence-electron chi connectivity index (χ3n) is 21.7. The van der Waals surface area contributed by atoms with Gasteiger partial charge in [-0.25, -0.2) is 8.98 Å². The number of esters is 1. The van der Waals surface area contributed by atoms with Gasteiger partial charge in [0.25, 0.3) is 10.1 Å². The van der Waals surface area contributed by atoms with Crippen LogP contribution in [-0.4, -0.2) is 661 Å². The van der Waals surface area contributed by atoms with Gasteiger partial charge >= 0.3 is 22.3 Å². The molecule has 48 N–H and O–H groups in total. The molecule has 11 aliphatic rings. The molecule has 68 nitrogen and oxygen atoms in total. The van der Waals surface area contributed by atoms with Crippen LogP contribution in [0.4, 0.5) is 0 Å². The van der Waals surface area contributed by atoms with Crippen molar-refractivity contribution in [2.24, 2.45) is 5.73 Å². The molecule has 144 heavy (non-hydrogen) atoms. The third-order valence-corrected chi connectivity index (χ3v) is 23.0.